The Labute approximate surface area is 107 Å². The third-order valence-electron chi connectivity index (χ3n) is 3.24. The van der Waals surface area contributed by atoms with Gasteiger partial charge in [0.2, 0.25) is 0 Å². The molecule has 3 nitrogen and oxygen atoms in total. The molecule has 0 radical (unpaired) electrons. The third kappa shape index (κ3) is 3.68. The van der Waals surface area contributed by atoms with Gasteiger partial charge in [-0.3, -0.25) is 0 Å². The van der Waals surface area contributed by atoms with E-state index in [-0.39, 0.29) is 12.4 Å². The Morgan fingerprint density at radius 2 is 1.94 bits per heavy atom. The fourth-order valence-corrected chi connectivity index (χ4v) is 1.64. The molecule has 1 aromatic carbocycles. The van der Waals surface area contributed by atoms with Gasteiger partial charge in [-0.15, -0.1) is 0 Å². The molecular weight excluding hydrogens is 235 g/mol. The second kappa shape index (κ2) is 6.16. The van der Waals surface area contributed by atoms with Gasteiger partial charge in [0.05, 0.1) is 11.7 Å². The number of hydrogen-bond donors (Lipinski definition) is 2. The van der Waals surface area contributed by atoms with Crippen molar-refractivity contribution in [3.63, 3.8) is 0 Å². The van der Waals surface area contributed by atoms with Gasteiger partial charge in [-0.05, 0) is 31.9 Å². The Bertz CT molecular complexity index is 387. The quantitative estimate of drug-likeness (QED) is 0.822. The average molecular weight is 256 g/mol. The fraction of sp³-hybridized carbons (Fsp3) is 0.571. The smallest absolute Gasteiger partial charge is 0.128 e. The standard InChI is InChI=1S/C14H21FO3/c1-4-14(17,5-2)9-18-13-8-11(15)6-7-12(13)10(3)16/h6-8,10,16-17H,4-5,9H2,1-3H3/t10-/m0/s1. The molecule has 0 saturated carbocycles. The zero-order chi connectivity index (χ0) is 13.8. The summed E-state index contributed by atoms with van der Waals surface area (Å²) in [6.07, 6.45) is 0.378. The van der Waals surface area contributed by atoms with Gasteiger partial charge in [-0.2, -0.15) is 0 Å². The summed E-state index contributed by atoms with van der Waals surface area (Å²) in [5.74, 6) is -0.142. The van der Waals surface area contributed by atoms with Gasteiger partial charge >= 0.3 is 0 Å². The van der Waals surface area contributed by atoms with E-state index >= 15 is 0 Å². The van der Waals surface area contributed by atoms with Crippen LogP contribution in [-0.2, 0) is 0 Å². The molecule has 0 fully saturated rings. The van der Waals surface area contributed by atoms with Crippen molar-refractivity contribution in [1.29, 1.82) is 0 Å². The predicted molar refractivity (Wildman–Crippen MR) is 68.1 cm³/mol. The molecule has 2 N–H and O–H groups in total. The first-order chi connectivity index (χ1) is 8.41. The van der Waals surface area contributed by atoms with Crippen molar-refractivity contribution in [2.45, 2.75) is 45.3 Å². The lowest BCUT2D eigenvalue weighted by atomic mass is 9.99. The second-order valence-electron chi connectivity index (χ2n) is 4.58. The molecule has 0 bridgehead atoms. The second-order valence-corrected chi connectivity index (χ2v) is 4.58. The molecule has 0 heterocycles. The van der Waals surface area contributed by atoms with Crippen LogP contribution in [0, 0.1) is 5.82 Å². The summed E-state index contributed by atoms with van der Waals surface area (Å²) in [5.41, 5.74) is -0.395. The van der Waals surface area contributed by atoms with Crippen LogP contribution in [0.2, 0.25) is 0 Å². The van der Waals surface area contributed by atoms with Crippen molar-refractivity contribution < 1.29 is 19.3 Å². The Morgan fingerprint density at radius 1 is 1.33 bits per heavy atom. The van der Waals surface area contributed by atoms with E-state index in [4.69, 9.17) is 4.74 Å². The number of ether oxygens (including phenoxy) is 1. The number of halogens is 1. The van der Waals surface area contributed by atoms with Gasteiger partial charge in [0.1, 0.15) is 18.2 Å². The molecule has 0 amide bonds. The van der Waals surface area contributed by atoms with Gasteiger partial charge in [-0.25, -0.2) is 4.39 Å². The minimum Gasteiger partial charge on any atom is -0.490 e. The maximum absolute atomic E-state index is 13.2. The fourth-order valence-electron chi connectivity index (χ4n) is 1.64. The molecule has 1 rings (SSSR count). The topological polar surface area (TPSA) is 49.7 Å². The lowest BCUT2D eigenvalue weighted by Gasteiger charge is -2.26. The molecule has 0 aliphatic rings. The molecule has 1 atom stereocenters. The van der Waals surface area contributed by atoms with Gasteiger partial charge < -0.3 is 14.9 Å². The Hall–Kier alpha value is -1.13. The van der Waals surface area contributed by atoms with Crippen LogP contribution in [0.25, 0.3) is 0 Å². The molecule has 0 spiro atoms. The SMILES string of the molecule is CCC(O)(CC)COc1cc(F)ccc1[C@H](C)O. The van der Waals surface area contributed by atoms with E-state index in [0.29, 0.717) is 18.4 Å². The van der Waals surface area contributed by atoms with Gasteiger partial charge in [0.25, 0.3) is 0 Å². The summed E-state index contributed by atoms with van der Waals surface area (Å²) in [6.45, 7) is 5.41. The molecule has 1 aromatic rings. The maximum Gasteiger partial charge on any atom is 0.128 e. The van der Waals surface area contributed by atoms with Crippen molar-refractivity contribution in [2.75, 3.05) is 6.61 Å². The summed E-state index contributed by atoms with van der Waals surface area (Å²) in [6, 6.07) is 4.00. The van der Waals surface area contributed by atoms with E-state index in [2.05, 4.69) is 0 Å². The molecule has 0 aliphatic carbocycles. The van der Waals surface area contributed by atoms with E-state index < -0.39 is 17.5 Å². The molecule has 102 valence electrons. The van der Waals surface area contributed by atoms with Crippen LogP contribution in [0.1, 0.15) is 45.3 Å². The monoisotopic (exact) mass is 256 g/mol. The average Bonchev–Trinajstić information content (AvgIpc) is 2.35. The number of aliphatic hydroxyl groups is 2. The van der Waals surface area contributed by atoms with Crippen LogP contribution in [0.5, 0.6) is 5.75 Å². The van der Waals surface area contributed by atoms with E-state index in [1.807, 2.05) is 13.8 Å². The summed E-state index contributed by atoms with van der Waals surface area (Å²) in [4.78, 5) is 0. The van der Waals surface area contributed by atoms with Crippen molar-refractivity contribution in [2.24, 2.45) is 0 Å². The lowest BCUT2D eigenvalue weighted by Crippen LogP contribution is -2.34. The number of aliphatic hydroxyl groups excluding tert-OH is 1. The predicted octanol–water partition coefficient (Wildman–Crippen LogP) is 2.81. The van der Waals surface area contributed by atoms with Gasteiger partial charge in [0, 0.05) is 11.6 Å². The van der Waals surface area contributed by atoms with Crippen molar-refractivity contribution in [1.82, 2.24) is 0 Å². The lowest BCUT2D eigenvalue weighted by molar-refractivity contribution is -0.0122. The molecular formula is C14H21FO3. The van der Waals surface area contributed by atoms with Crippen LogP contribution >= 0.6 is 0 Å². The summed E-state index contributed by atoms with van der Waals surface area (Å²) in [7, 11) is 0. The van der Waals surface area contributed by atoms with Gasteiger partial charge in [-0.1, -0.05) is 13.8 Å². The van der Waals surface area contributed by atoms with Crippen LogP contribution < -0.4 is 4.74 Å². The van der Waals surface area contributed by atoms with Crippen LogP contribution in [0.3, 0.4) is 0 Å². The van der Waals surface area contributed by atoms with E-state index in [1.54, 1.807) is 6.92 Å². The first-order valence-electron chi connectivity index (χ1n) is 6.24. The third-order valence-corrected chi connectivity index (χ3v) is 3.24. The minimum absolute atomic E-state index is 0.0865. The molecule has 4 heteroatoms. The first-order valence-corrected chi connectivity index (χ1v) is 6.24. The van der Waals surface area contributed by atoms with Crippen LogP contribution in [0.15, 0.2) is 18.2 Å². The summed E-state index contributed by atoms with van der Waals surface area (Å²) in [5, 5.41) is 19.7. The van der Waals surface area contributed by atoms with Crippen molar-refractivity contribution >= 4 is 0 Å². The van der Waals surface area contributed by atoms with E-state index in [1.165, 1.54) is 18.2 Å². The maximum atomic E-state index is 13.2. The Kier molecular flexibility index (Phi) is 5.11. The van der Waals surface area contributed by atoms with Crippen molar-refractivity contribution in [3.05, 3.63) is 29.6 Å². The Morgan fingerprint density at radius 3 is 2.44 bits per heavy atom. The summed E-state index contributed by atoms with van der Waals surface area (Å²) < 4.78 is 18.6. The first kappa shape index (κ1) is 14.9. The molecule has 0 aliphatic heterocycles. The molecule has 18 heavy (non-hydrogen) atoms. The molecule has 0 saturated heterocycles. The number of hydrogen-bond acceptors (Lipinski definition) is 3. The highest BCUT2D eigenvalue weighted by Gasteiger charge is 2.24. The normalized spacial score (nSPS) is 13.4. The molecule has 0 unspecified atom stereocenters. The Balaban J connectivity index is 2.86. The highest BCUT2D eigenvalue weighted by atomic mass is 19.1. The highest BCUT2D eigenvalue weighted by molar-refractivity contribution is 5.35. The number of benzene rings is 1. The van der Waals surface area contributed by atoms with Crippen molar-refractivity contribution in [3.8, 4) is 5.75 Å². The summed E-state index contributed by atoms with van der Waals surface area (Å²) >= 11 is 0. The zero-order valence-corrected chi connectivity index (χ0v) is 11.1. The number of rotatable bonds is 6. The zero-order valence-electron chi connectivity index (χ0n) is 11.1. The largest absolute Gasteiger partial charge is 0.490 e. The van der Waals surface area contributed by atoms with E-state index in [9.17, 15) is 14.6 Å². The minimum atomic E-state index is -0.914. The highest BCUT2D eigenvalue weighted by Crippen LogP contribution is 2.27. The van der Waals surface area contributed by atoms with Gasteiger partial charge in [0.15, 0.2) is 0 Å². The van der Waals surface area contributed by atoms with Crippen LogP contribution in [-0.4, -0.2) is 22.4 Å². The van der Waals surface area contributed by atoms with Crippen LogP contribution in [0.4, 0.5) is 4.39 Å². The molecule has 0 aromatic heterocycles. The van der Waals surface area contributed by atoms with E-state index in [0.717, 1.165) is 0 Å².